The summed E-state index contributed by atoms with van der Waals surface area (Å²) >= 11 is 1.30. The molecule has 6 heteroatoms. The van der Waals surface area contributed by atoms with Gasteiger partial charge in [-0.15, -0.1) is 11.3 Å². The Morgan fingerprint density at radius 3 is 2.62 bits per heavy atom. The Morgan fingerprint density at radius 1 is 1.29 bits per heavy atom. The van der Waals surface area contributed by atoms with Gasteiger partial charge in [0.05, 0.1) is 19.2 Å². The Balaban J connectivity index is 2.36. The summed E-state index contributed by atoms with van der Waals surface area (Å²) in [6, 6.07) is 9.56. The van der Waals surface area contributed by atoms with E-state index < -0.39 is 0 Å². The molecule has 1 heterocycles. The quantitative estimate of drug-likeness (QED) is 0.862. The number of benzene rings is 1. The van der Waals surface area contributed by atoms with Gasteiger partial charge in [0.25, 0.3) is 0 Å². The van der Waals surface area contributed by atoms with Crippen molar-refractivity contribution in [1.29, 1.82) is 0 Å². The standard InChI is InChI=1S/C15H16N2O3S/c1-3-12(18)16-15-17-14(10-7-5-4-6-8-10)11(21-15)9-13(19)20-2/h4-8H,3,9H2,1-2H3,(H,16,17,18). The number of anilines is 1. The van der Waals surface area contributed by atoms with Crippen LogP contribution in [0, 0.1) is 0 Å². The predicted molar refractivity (Wildman–Crippen MR) is 82.2 cm³/mol. The lowest BCUT2D eigenvalue weighted by atomic mass is 10.1. The highest BCUT2D eigenvalue weighted by atomic mass is 32.1. The normalized spacial score (nSPS) is 10.2. The van der Waals surface area contributed by atoms with E-state index >= 15 is 0 Å². The molecular formula is C15H16N2O3S. The van der Waals surface area contributed by atoms with Gasteiger partial charge >= 0.3 is 5.97 Å². The molecule has 0 aliphatic carbocycles. The first kappa shape index (κ1) is 15.2. The molecule has 1 amide bonds. The number of esters is 1. The summed E-state index contributed by atoms with van der Waals surface area (Å²) in [4.78, 5) is 28.2. The number of ether oxygens (including phenoxy) is 1. The molecule has 2 rings (SSSR count). The van der Waals surface area contributed by atoms with Gasteiger partial charge < -0.3 is 10.1 Å². The third-order valence-electron chi connectivity index (χ3n) is 2.84. The molecule has 0 atom stereocenters. The monoisotopic (exact) mass is 304 g/mol. The van der Waals surface area contributed by atoms with Crippen LogP contribution in [-0.2, 0) is 20.7 Å². The van der Waals surface area contributed by atoms with Crippen LogP contribution in [0.4, 0.5) is 5.13 Å². The highest BCUT2D eigenvalue weighted by molar-refractivity contribution is 7.16. The van der Waals surface area contributed by atoms with Crippen LogP contribution in [0.2, 0.25) is 0 Å². The molecule has 0 fully saturated rings. The van der Waals surface area contributed by atoms with E-state index in [1.54, 1.807) is 6.92 Å². The Kier molecular flexibility index (Phi) is 5.05. The van der Waals surface area contributed by atoms with Crippen molar-refractivity contribution in [2.75, 3.05) is 12.4 Å². The molecule has 0 saturated heterocycles. The highest BCUT2D eigenvalue weighted by Crippen LogP contribution is 2.31. The SMILES string of the molecule is CCC(=O)Nc1nc(-c2ccccc2)c(CC(=O)OC)s1. The maximum atomic E-state index is 11.5. The molecule has 0 bridgehead atoms. The van der Waals surface area contributed by atoms with Crippen molar-refractivity contribution in [3.8, 4) is 11.3 Å². The molecular weight excluding hydrogens is 288 g/mol. The molecule has 0 radical (unpaired) electrons. The first-order valence-electron chi connectivity index (χ1n) is 6.55. The first-order valence-corrected chi connectivity index (χ1v) is 7.37. The van der Waals surface area contributed by atoms with Gasteiger partial charge in [-0.05, 0) is 0 Å². The van der Waals surface area contributed by atoms with Crippen molar-refractivity contribution in [3.63, 3.8) is 0 Å². The number of rotatable bonds is 5. The molecule has 1 N–H and O–H groups in total. The highest BCUT2D eigenvalue weighted by Gasteiger charge is 2.17. The van der Waals surface area contributed by atoms with Crippen LogP contribution in [0.25, 0.3) is 11.3 Å². The zero-order valence-corrected chi connectivity index (χ0v) is 12.7. The zero-order valence-electron chi connectivity index (χ0n) is 11.9. The summed E-state index contributed by atoms with van der Waals surface area (Å²) in [5, 5.41) is 3.23. The Hall–Kier alpha value is -2.21. The van der Waals surface area contributed by atoms with Crippen molar-refractivity contribution in [1.82, 2.24) is 4.98 Å². The van der Waals surface area contributed by atoms with Crippen LogP contribution in [0.1, 0.15) is 18.2 Å². The summed E-state index contributed by atoms with van der Waals surface area (Å²) in [6.07, 6.45) is 0.521. The molecule has 0 saturated carbocycles. The second-order valence-corrected chi connectivity index (χ2v) is 5.40. The van der Waals surface area contributed by atoms with E-state index in [9.17, 15) is 9.59 Å². The van der Waals surface area contributed by atoms with Crippen LogP contribution in [0.3, 0.4) is 0 Å². The van der Waals surface area contributed by atoms with Gasteiger partial charge in [-0.25, -0.2) is 4.98 Å². The topological polar surface area (TPSA) is 68.3 Å². The summed E-state index contributed by atoms with van der Waals surface area (Å²) in [5.74, 6) is -0.433. The minimum absolute atomic E-state index is 0.104. The molecule has 1 aromatic carbocycles. The predicted octanol–water partition coefficient (Wildman–Crippen LogP) is 2.87. The van der Waals surface area contributed by atoms with Crippen molar-refractivity contribution in [3.05, 3.63) is 35.2 Å². The van der Waals surface area contributed by atoms with Crippen LogP contribution < -0.4 is 5.32 Å². The Bertz CT molecular complexity index is 638. The second kappa shape index (κ2) is 6.99. The molecule has 0 spiro atoms. The number of nitrogens with one attached hydrogen (secondary N) is 1. The molecule has 0 aliphatic rings. The third-order valence-corrected chi connectivity index (χ3v) is 3.82. The summed E-state index contributed by atoms with van der Waals surface area (Å²) in [5.41, 5.74) is 1.61. The average Bonchev–Trinajstić information content (AvgIpc) is 2.90. The number of nitrogens with zero attached hydrogens (tertiary/aromatic N) is 1. The van der Waals surface area contributed by atoms with E-state index in [4.69, 9.17) is 4.74 Å². The molecule has 110 valence electrons. The van der Waals surface area contributed by atoms with Crippen molar-refractivity contribution >= 4 is 28.3 Å². The van der Waals surface area contributed by atoms with Crippen LogP contribution >= 0.6 is 11.3 Å². The van der Waals surface area contributed by atoms with E-state index in [0.29, 0.717) is 17.2 Å². The molecule has 2 aromatic rings. The number of carbonyl (C=O) groups is 2. The van der Waals surface area contributed by atoms with E-state index in [1.807, 2.05) is 30.3 Å². The smallest absolute Gasteiger partial charge is 0.310 e. The number of carbonyl (C=O) groups excluding carboxylic acids is 2. The lowest BCUT2D eigenvalue weighted by molar-refractivity contribution is -0.139. The number of thiazole rings is 1. The molecule has 5 nitrogen and oxygen atoms in total. The van der Waals surface area contributed by atoms with Gasteiger partial charge in [-0.2, -0.15) is 0 Å². The Morgan fingerprint density at radius 2 is 2.00 bits per heavy atom. The summed E-state index contributed by atoms with van der Waals surface area (Å²) in [7, 11) is 1.35. The Labute approximate surface area is 127 Å². The third kappa shape index (κ3) is 3.88. The summed E-state index contributed by atoms with van der Waals surface area (Å²) in [6.45, 7) is 1.77. The van der Waals surface area contributed by atoms with E-state index in [2.05, 4.69) is 10.3 Å². The molecule has 0 aliphatic heterocycles. The van der Waals surface area contributed by atoms with Crippen LogP contribution in [0.15, 0.2) is 30.3 Å². The van der Waals surface area contributed by atoms with Gasteiger partial charge in [0.15, 0.2) is 5.13 Å². The molecule has 21 heavy (non-hydrogen) atoms. The number of hydrogen-bond donors (Lipinski definition) is 1. The van der Waals surface area contributed by atoms with Gasteiger partial charge in [0, 0.05) is 16.9 Å². The fourth-order valence-electron chi connectivity index (χ4n) is 1.76. The van der Waals surface area contributed by atoms with Crippen LogP contribution in [0.5, 0.6) is 0 Å². The second-order valence-electron chi connectivity index (χ2n) is 4.31. The van der Waals surface area contributed by atoms with E-state index in [0.717, 1.165) is 10.4 Å². The van der Waals surface area contributed by atoms with Gasteiger partial charge in [-0.1, -0.05) is 37.3 Å². The number of aromatic nitrogens is 1. The van der Waals surface area contributed by atoms with Crippen molar-refractivity contribution in [2.45, 2.75) is 19.8 Å². The number of hydrogen-bond acceptors (Lipinski definition) is 5. The fourth-order valence-corrected chi connectivity index (χ4v) is 2.74. The minimum atomic E-state index is -0.329. The first-order chi connectivity index (χ1) is 10.1. The van der Waals surface area contributed by atoms with Crippen molar-refractivity contribution < 1.29 is 14.3 Å². The lowest BCUT2D eigenvalue weighted by Crippen LogP contribution is -2.08. The largest absolute Gasteiger partial charge is 0.469 e. The molecule has 0 unspecified atom stereocenters. The zero-order chi connectivity index (χ0) is 15.2. The number of amides is 1. The summed E-state index contributed by atoms with van der Waals surface area (Å²) < 4.78 is 4.71. The van der Waals surface area contributed by atoms with Crippen LogP contribution in [-0.4, -0.2) is 24.0 Å². The maximum Gasteiger partial charge on any atom is 0.310 e. The van der Waals surface area contributed by atoms with Crippen molar-refractivity contribution in [2.24, 2.45) is 0 Å². The van der Waals surface area contributed by atoms with Gasteiger partial charge in [0.2, 0.25) is 5.91 Å². The lowest BCUT2D eigenvalue weighted by Gasteiger charge is -2.01. The van der Waals surface area contributed by atoms with E-state index in [-0.39, 0.29) is 18.3 Å². The maximum absolute atomic E-state index is 11.5. The van der Waals surface area contributed by atoms with Gasteiger partial charge in [-0.3, -0.25) is 9.59 Å². The average molecular weight is 304 g/mol. The van der Waals surface area contributed by atoms with Gasteiger partial charge in [0.1, 0.15) is 0 Å². The number of methoxy groups -OCH3 is 1. The van der Waals surface area contributed by atoms with E-state index in [1.165, 1.54) is 18.4 Å². The minimum Gasteiger partial charge on any atom is -0.469 e. The molecule has 1 aromatic heterocycles. The fraction of sp³-hybridized carbons (Fsp3) is 0.267.